The lowest BCUT2D eigenvalue weighted by molar-refractivity contribution is -0.137. The van der Waals surface area contributed by atoms with E-state index in [-0.39, 0.29) is 12.5 Å². The summed E-state index contributed by atoms with van der Waals surface area (Å²) in [6.45, 7) is -0.868. The van der Waals surface area contributed by atoms with E-state index >= 15 is 0 Å². The van der Waals surface area contributed by atoms with Crippen LogP contribution in [-0.2, 0) is 9.59 Å². The predicted molar refractivity (Wildman–Crippen MR) is 57.5 cm³/mol. The van der Waals surface area contributed by atoms with Crippen LogP contribution in [0.3, 0.4) is 0 Å². The summed E-state index contributed by atoms with van der Waals surface area (Å²) in [5, 5.41) is 21.8. The van der Waals surface area contributed by atoms with Gasteiger partial charge in [0, 0.05) is 0 Å². The Labute approximate surface area is 101 Å². The Balaban J connectivity index is 2.25. The molecule has 0 aliphatic rings. The first-order valence-electron chi connectivity index (χ1n) is 4.75. The van der Waals surface area contributed by atoms with E-state index in [4.69, 9.17) is 5.11 Å². The van der Waals surface area contributed by atoms with Crippen LogP contribution in [-0.4, -0.2) is 51.3 Å². The van der Waals surface area contributed by atoms with Crippen LogP contribution < -0.4 is 16.0 Å². The Morgan fingerprint density at radius 3 is 2.56 bits per heavy atom. The minimum absolute atomic E-state index is 0.0130. The monoisotopic (exact) mass is 254 g/mol. The van der Waals surface area contributed by atoms with Crippen LogP contribution >= 0.6 is 0 Å². The van der Waals surface area contributed by atoms with Gasteiger partial charge >= 0.3 is 12.0 Å². The molecule has 0 saturated heterocycles. The molecule has 1 rings (SSSR count). The number of aliphatic carboxylic acids is 1. The molecule has 0 aliphatic carbocycles. The van der Waals surface area contributed by atoms with E-state index in [2.05, 4.69) is 31.1 Å². The van der Waals surface area contributed by atoms with Gasteiger partial charge in [-0.2, -0.15) is 5.10 Å². The molecular formula is C8H10N6O4. The van der Waals surface area contributed by atoms with Crippen LogP contribution in [0.4, 0.5) is 10.7 Å². The molecule has 1 aromatic rings. The van der Waals surface area contributed by atoms with Gasteiger partial charge in [0.1, 0.15) is 6.54 Å². The zero-order valence-electron chi connectivity index (χ0n) is 9.08. The van der Waals surface area contributed by atoms with E-state index in [1.54, 1.807) is 0 Å². The van der Waals surface area contributed by atoms with E-state index in [0.29, 0.717) is 0 Å². The number of nitrogens with zero attached hydrogens (tertiary/aromatic N) is 3. The molecule has 0 saturated carbocycles. The number of carboxylic acid groups (broad SMARTS) is 1. The molecule has 10 heteroatoms. The molecule has 18 heavy (non-hydrogen) atoms. The van der Waals surface area contributed by atoms with Crippen LogP contribution in [0, 0.1) is 0 Å². The zero-order chi connectivity index (χ0) is 13.4. The van der Waals surface area contributed by atoms with Crippen molar-refractivity contribution in [1.82, 2.24) is 25.8 Å². The highest BCUT2D eigenvalue weighted by atomic mass is 16.4. The molecule has 0 unspecified atom stereocenters. The average Bonchev–Trinajstić information content (AvgIpc) is 2.35. The van der Waals surface area contributed by atoms with Gasteiger partial charge in [0.05, 0.1) is 18.9 Å². The van der Waals surface area contributed by atoms with Crippen molar-refractivity contribution in [3.05, 3.63) is 12.4 Å². The van der Waals surface area contributed by atoms with Crippen LogP contribution in [0.25, 0.3) is 0 Å². The number of rotatable bonds is 5. The summed E-state index contributed by atoms with van der Waals surface area (Å²) in [5.41, 5.74) is 0. The first kappa shape index (κ1) is 13.3. The van der Waals surface area contributed by atoms with Gasteiger partial charge in [0.2, 0.25) is 5.91 Å². The third-order valence-corrected chi connectivity index (χ3v) is 1.55. The minimum atomic E-state index is -1.17. The highest BCUT2D eigenvalue weighted by Gasteiger charge is 2.07. The lowest BCUT2D eigenvalue weighted by Crippen LogP contribution is -2.40. The van der Waals surface area contributed by atoms with Gasteiger partial charge in [-0.25, -0.2) is 9.78 Å². The predicted octanol–water partition coefficient (Wildman–Crippen LogP) is -1.81. The fourth-order valence-electron chi connectivity index (χ4n) is 0.848. The number of anilines is 1. The van der Waals surface area contributed by atoms with Crippen molar-refractivity contribution in [2.24, 2.45) is 0 Å². The lowest BCUT2D eigenvalue weighted by atomic mass is 10.5. The summed E-state index contributed by atoms with van der Waals surface area (Å²) in [6, 6.07) is -0.700. The molecule has 0 aromatic carbocycles. The van der Waals surface area contributed by atoms with Crippen LogP contribution in [0.2, 0.25) is 0 Å². The molecule has 10 nitrogen and oxygen atoms in total. The molecule has 1 heterocycles. The highest BCUT2D eigenvalue weighted by Crippen LogP contribution is 1.90. The Morgan fingerprint density at radius 1 is 1.17 bits per heavy atom. The van der Waals surface area contributed by atoms with Crippen molar-refractivity contribution in [3.8, 4) is 0 Å². The molecule has 96 valence electrons. The second-order valence-electron chi connectivity index (χ2n) is 2.94. The zero-order valence-corrected chi connectivity index (χ0v) is 9.08. The average molecular weight is 254 g/mol. The summed E-state index contributed by atoms with van der Waals surface area (Å²) >= 11 is 0. The van der Waals surface area contributed by atoms with Crippen LogP contribution in [0.5, 0.6) is 0 Å². The van der Waals surface area contributed by atoms with E-state index in [1.165, 1.54) is 12.4 Å². The minimum Gasteiger partial charge on any atom is -0.480 e. The number of hydrogen-bond acceptors (Lipinski definition) is 6. The van der Waals surface area contributed by atoms with Gasteiger partial charge < -0.3 is 15.7 Å². The first-order chi connectivity index (χ1) is 8.58. The number of hydrogen-bond donors (Lipinski definition) is 4. The van der Waals surface area contributed by atoms with E-state index < -0.39 is 24.5 Å². The van der Waals surface area contributed by atoms with Crippen molar-refractivity contribution in [3.63, 3.8) is 0 Å². The van der Waals surface area contributed by atoms with E-state index in [1.807, 2.05) is 0 Å². The van der Waals surface area contributed by atoms with Crippen molar-refractivity contribution in [2.75, 3.05) is 18.4 Å². The largest absolute Gasteiger partial charge is 0.480 e. The number of aromatic nitrogens is 3. The fraction of sp³-hybridized carbons (Fsp3) is 0.250. The smallest absolute Gasteiger partial charge is 0.322 e. The molecule has 0 bridgehead atoms. The molecular weight excluding hydrogens is 244 g/mol. The van der Waals surface area contributed by atoms with Crippen molar-refractivity contribution < 1.29 is 19.5 Å². The number of amides is 3. The lowest BCUT2D eigenvalue weighted by Gasteiger charge is -2.05. The van der Waals surface area contributed by atoms with Crippen molar-refractivity contribution in [2.45, 2.75) is 0 Å². The van der Waals surface area contributed by atoms with Crippen LogP contribution in [0.1, 0.15) is 0 Å². The molecule has 0 fully saturated rings. The quantitative estimate of drug-likeness (QED) is 0.484. The number of carbonyl (C=O) groups is 3. The number of carbonyl (C=O) groups excluding carboxylic acids is 2. The molecule has 3 amide bonds. The second kappa shape index (κ2) is 6.73. The third-order valence-electron chi connectivity index (χ3n) is 1.55. The van der Waals surface area contributed by atoms with Gasteiger partial charge in [0.25, 0.3) is 5.95 Å². The number of carboxylic acids is 1. The van der Waals surface area contributed by atoms with Gasteiger partial charge in [-0.1, -0.05) is 0 Å². The maximum Gasteiger partial charge on any atom is 0.322 e. The molecule has 0 atom stereocenters. The van der Waals surface area contributed by atoms with Crippen molar-refractivity contribution >= 4 is 23.9 Å². The Kier molecular flexibility index (Phi) is 4.97. The maximum absolute atomic E-state index is 11.2. The SMILES string of the molecule is O=C(O)CNC(=O)CNC(=O)Nc1nccnn1. The van der Waals surface area contributed by atoms with Crippen molar-refractivity contribution in [1.29, 1.82) is 0 Å². The Bertz CT molecular complexity index is 436. The van der Waals surface area contributed by atoms with Gasteiger partial charge in [-0.15, -0.1) is 5.10 Å². The summed E-state index contributed by atoms with van der Waals surface area (Å²) in [5.74, 6) is -1.81. The fourth-order valence-corrected chi connectivity index (χ4v) is 0.848. The third kappa shape index (κ3) is 5.34. The number of nitrogens with one attached hydrogen (secondary N) is 3. The Morgan fingerprint density at radius 2 is 1.94 bits per heavy atom. The van der Waals surface area contributed by atoms with Gasteiger partial charge in [0.15, 0.2) is 0 Å². The van der Waals surface area contributed by atoms with Gasteiger partial charge in [-0.3, -0.25) is 14.9 Å². The topological polar surface area (TPSA) is 146 Å². The van der Waals surface area contributed by atoms with Gasteiger partial charge in [-0.05, 0) is 0 Å². The normalized spacial score (nSPS) is 9.33. The summed E-state index contributed by atoms with van der Waals surface area (Å²) in [4.78, 5) is 36.1. The highest BCUT2D eigenvalue weighted by molar-refractivity contribution is 5.91. The van der Waals surface area contributed by atoms with Crippen LogP contribution in [0.15, 0.2) is 12.4 Å². The molecule has 0 spiro atoms. The summed E-state index contributed by atoms with van der Waals surface area (Å²) in [6.07, 6.45) is 2.67. The second-order valence-corrected chi connectivity index (χ2v) is 2.94. The standard InChI is InChI=1S/C8H10N6O4/c15-5(10-4-6(16)17)3-11-8(18)13-7-9-1-2-12-14-7/h1-2H,3-4H2,(H,10,15)(H,16,17)(H2,9,11,13,14,18). The molecule has 0 aliphatic heterocycles. The first-order valence-corrected chi connectivity index (χ1v) is 4.75. The molecule has 0 radical (unpaired) electrons. The Hall–Kier alpha value is -2.78. The van der Waals surface area contributed by atoms with E-state index in [9.17, 15) is 14.4 Å². The maximum atomic E-state index is 11.2. The van der Waals surface area contributed by atoms with E-state index in [0.717, 1.165) is 0 Å². The number of urea groups is 1. The summed E-state index contributed by atoms with van der Waals surface area (Å²) in [7, 11) is 0. The molecule has 4 N–H and O–H groups in total. The molecule has 1 aromatic heterocycles. The summed E-state index contributed by atoms with van der Waals surface area (Å²) < 4.78 is 0.